The Labute approximate surface area is 184 Å². The van der Waals surface area contributed by atoms with Crippen LogP contribution in [0.4, 0.5) is 23.7 Å². The average molecular weight is 495 g/mol. The standard InChI is InChI=1S/C21H18BrF3N4O2/c22-15-7-5-13(6-8-15)18-27-19(31-28-18)14-9-11-29(12-10-14)20(30)26-17-4-2-1-3-16(17)21(23,24)25/h1-8,14H,9-12H2,(H,26,30). The second kappa shape index (κ2) is 8.70. The lowest BCUT2D eigenvalue weighted by atomic mass is 9.97. The molecule has 31 heavy (non-hydrogen) atoms. The summed E-state index contributed by atoms with van der Waals surface area (Å²) in [6, 6.07) is 11.9. The Balaban J connectivity index is 1.37. The second-order valence-electron chi connectivity index (χ2n) is 7.20. The van der Waals surface area contributed by atoms with E-state index in [0.717, 1.165) is 16.1 Å². The minimum Gasteiger partial charge on any atom is -0.339 e. The minimum atomic E-state index is -4.54. The smallest absolute Gasteiger partial charge is 0.339 e. The van der Waals surface area contributed by atoms with Crippen molar-refractivity contribution in [2.24, 2.45) is 0 Å². The number of carbonyl (C=O) groups excluding carboxylic acids is 1. The molecule has 1 fully saturated rings. The highest BCUT2D eigenvalue weighted by Gasteiger charge is 2.34. The number of hydrogen-bond donors (Lipinski definition) is 1. The third kappa shape index (κ3) is 4.90. The van der Waals surface area contributed by atoms with E-state index in [9.17, 15) is 18.0 Å². The van der Waals surface area contributed by atoms with Crippen molar-refractivity contribution in [1.82, 2.24) is 15.0 Å². The van der Waals surface area contributed by atoms with Crippen LogP contribution in [-0.4, -0.2) is 34.2 Å². The summed E-state index contributed by atoms with van der Waals surface area (Å²) in [5.41, 5.74) is -0.291. The van der Waals surface area contributed by atoms with Crippen LogP contribution in [0, 0.1) is 0 Å². The fraction of sp³-hybridized carbons (Fsp3) is 0.286. The third-order valence-electron chi connectivity index (χ3n) is 5.15. The molecule has 162 valence electrons. The van der Waals surface area contributed by atoms with Crippen LogP contribution in [-0.2, 0) is 6.18 Å². The first kappa shape index (κ1) is 21.4. The summed E-state index contributed by atoms with van der Waals surface area (Å²) in [5.74, 6) is 0.982. The second-order valence-corrected chi connectivity index (χ2v) is 8.11. The van der Waals surface area contributed by atoms with Gasteiger partial charge < -0.3 is 14.7 Å². The Morgan fingerprint density at radius 2 is 1.77 bits per heavy atom. The Morgan fingerprint density at radius 1 is 1.10 bits per heavy atom. The van der Waals surface area contributed by atoms with Gasteiger partial charge in [0.2, 0.25) is 11.7 Å². The molecule has 10 heteroatoms. The van der Waals surface area contributed by atoms with Crippen LogP contribution in [0.1, 0.15) is 30.2 Å². The predicted octanol–water partition coefficient (Wildman–Crippen LogP) is 5.93. The maximum atomic E-state index is 13.1. The number of amides is 2. The van der Waals surface area contributed by atoms with Crippen molar-refractivity contribution in [1.29, 1.82) is 0 Å². The number of rotatable bonds is 3. The highest BCUT2D eigenvalue weighted by Crippen LogP contribution is 2.35. The van der Waals surface area contributed by atoms with Crippen LogP contribution in [0.15, 0.2) is 57.5 Å². The molecule has 0 spiro atoms. The van der Waals surface area contributed by atoms with Crippen LogP contribution in [0.5, 0.6) is 0 Å². The largest absolute Gasteiger partial charge is 0.418 e. The Morgan fingerprint density at radius 3 is 2.45 bits per heavy atom. The van der Waals surface area contributed by atoms with Gasteiger partial charge in [-0.3, -0.25) is 0 Å². The monoisotopic (exact) mass is 494 g/mol. The van der Waals surface area contributed by atoms with Crippen LogP contribution in [0.2, 0.25) is 0 Å². The van der Waals surface area contributed by atoms with Gasteiger partial charge in [-0.1, -0.05) is 33.2 Å². The topological polar surface area (TPSA) is 71.3 Å². The van der Waals surface area contributed by atoms with Gasteiger partial charge in [-0.15, -0.1) is 0 Å². The van der Waals surface area contributed by atoms with Gasteiger partial charge in [-0.25, -0.2) is 4.79 Å². The summed E-state index contributed by atoms with van der Waals surface area (Å²) in [4.78, 5) is 18.5. The number of urea groups is 1. The number of benzene rings is 2. The summed E-state index contributed by atoms with van der Waals surface area (Å²) in [6.45, 7) is 0.751. The molecule has 1 aliphatic rings. The van der Waals surface area contributed by atoms with Crippen molar-refractivity contribution in [3.05, 3.63) is 64.5 Å². The van der Waals surface area contributed by atoms with Crippen molar-refractivity contribution < 1.29 is 22.5 Å². The average Bonchev–Trinajstić information content (AvgIpc) is 3.24. The maximum absolute atomic E-state index is 13.1. The zero-order valence-corrected chi connectivity index (χ0v) is 17.8. The van der Waals surface area contributed by atoms with E-state index in [2.05, 4.69) is 31.4 Å². The number of nitrogens with zero attached hydrogens (tertiary/aromatic N) is 3. The van der Waals surface area contributed by atoms with Crippen molar-refractivity contribution in [2.75, 3.05) is 18.4 Å². The number of hydrogen-bond acceptors (Lipinski definition) is 4. The van der Waals surface area contributed by atoms with Crippen LogP contribution >= 0.6 is 15.9 Å². The lowest BCUT2D eigenvalue weighted by molar-refractivity contribution is -0.136. The van der Waals surface area contributed by atoms with Gasteiger partial charge in [0.05, 0.1) is 11.3 Å². The van der Waals surface area contributed by atoms with E-state index in [1.54, 1.807) is 0 Å². The van der Waals surface area contributed by atoms with Gasteiger partial charge in [-0.05, 0) is 49.2 Å². The maximum Gasteiger partial charge on any atom is 0.418 e. The van der Waals surface area contributed by atoms with E-state index in [-0.39, 0.29) is 11.6 Å². The summed E-state index contributed by atoms with van der Waals surface area (Å²) in [5, 5.41) is 6.42. The molecule has 0 aliphatic carbocycles. The minimum absolute atomic E-state index is 0.0109. The summed E-state index contributed by atoms with van der Waals surface area (Å²) >= 11 is 3.38. The molecule has 2 aromatic carbocycles. The Bertz CT molecular complexity index is 1060. The fourth-order valence-electron chi connectivity index (χ4n) is 3.48. The van der Waals surface area contributed by atoms with Gasteiger partial charge in [0.1, 0.15) is 0 Å². The van der Waals surface area contributed by atoms with Crippen molar-refractivity contribution in [2.45, 2.75) is 24.9 Å². The molecule has 3 aromatic rings. The van der Waals surface area contributed by atoms with Gasteiger partial charge in [0.15, 0.2) is 0 Å². The molecule has 1 saturated heterocycles. The molecule has 0 saturated carbocycles. The molecule has 2 amide bonds. The van der Waals surface area contributed by atoms with E-state index < -0.39 is 17.8 Å². The number of para-hydroxylation sites is 1. The van der Waals surface area contributed by atoms with Crippen molar-refractivity contribution in [3.8, 4) is 11.4 Å². The number of likely N-dealkylation sites (tertiary alicyclic amines) is 1. The lowest BCUT2D eigenvalue weighted by Gasteiger charge is -2.30. The van der Waals surface area contributed by atoms with E-state index >= 15 is 0 Å². The first-order valence-corrected chi connectivity index (χ1v) is 10.4. The highest BCUT2D eigenvalue weighted by molar-refractivity contribution is 9.10. The molecular weight excluding hydrogens is 477 g/mol. The van der Waals surface area contributed by atoms with E-state index in [1.165, 1.54) is 23.1 Å². The SMILES string of the molecule is O=C(Nc1ccccc1C(F)(F)F)N1CCC(c2nc(-c3ccc(Br)cc3)no2)CC1. The first-order chi connectivity index (χ1) is 14.8. The van der Waals surface area contributed by atoms with Gasteiger partial charge >= 0.3 is 12.2 Å². The molecule has 1 aliphatic heterocycles. The number of nitrogens with one attached hydrogen (secondary N) is 1. The van der Waals surface area contributed by atoms with Crippen LogP contribution in [0.25, 0.3) is 11.4 Å². The molecule has 4 rings (SSSR count). The van der Waals surface area contributed by atoms with E-state index in [0.29, 0.717) is 37.6 Å². The normalized spacial score (nSPS) is 15.2. The highest BCUT2D eigenvalue weighted by atomic mass is 79.9. The summed E-state index contributed by atoms with van der Waals surface area (Å²) in [7, 11) is 0. The molecule has 0 atom stereocenters. The number of anilines is 1. The van der Waals surface area contributed by atoms with Crippen LogP contribution in [0.3, 0.4) is 0 Å². The predicted molar refractivity (Wildman–Crippen MR) is 111 cm³/mol. The Kier molecular flexibility index (Phi) is 5.99. The molecule has 2 heterocycles. The summed E-state index contributed by atoms with van der Waals surface area (Å²) in [6.07, 6.45) is -3.38. The molecule has 0 unspecified atom stereocenters. The van der Waals surface area contributed by atoms with E-state index in [1.807, 2.05) is 24.3 Å². The molecule has 0 radical (unpaired) electrons. The quantitative estimate of drug-likeness (QED) is 0.489. The number of carbonyl (C=O) groups is 1. The summed E-state index contributed by atoms with van der Waals surface area (Å²) < 4.78 is 45.8. The number of aromatic nitrogens is 2. The van der Waals surface area contributed by atoms with Gasteiger partial charge in [0.25, 0.3) is 0 Å². The number of piperidine rings is 1. The van der Waals surface area contributed by atoms with Crippen molar-refractivity contribution >= 4 is 27.6 Å². The Hall–Kier alpha value is -2.88. The van der Waals surface area contributed by atoms with Gasteiger partial charge in [0, 0.05) is 29.0 Å². The van der Waals surface area contributed by atoms with E-state index in [4.69, 9.17) is 4.52 Å². The molecular formula is C21H18BrF3N4O2. The third-order valence-corrected chi connectivity index (χ3v) is 5.68. The first-order valence-electron chi connectivity index (χ1n) is 9.63. The zero-order valence-electron chi connectivity index (χ0n) is 16.2. The molecule has 1 aromatic heterocycles. The number of halogens is 4. The van der Waals surface area contributed by atoms with Gasteiger partial charge in [-0.2, -0.15) is 18.2 Å². The van der Waals surface area contributed by atoms with Crippen molar-refractivity contribution in [3.63, 3.8) is 0 Å². The lowest BCUT2D eigenvalue weighted by Crippen LogP contribution is -2.40. The molecule has 6 nitrogen and oxygen atoms in total. The fourth-order valence-corrected chi connectivity index (χ4v) is 3.74. The molecule has 0 bridgehead atoms. The zero-order chi connectivity index (χ0) is 22.0. The van der Waals surface area contributed by atoms with Crippen LogP contribution < -0.4 is 5.32 Å². The molecule has 1 N–H and O–H groups in total. The number of alkyl halides is 3.